The summed E-state index contributed by atoms with van der Waals surface area (Å²) in [5.41, 5.74) is 4.14. The molecule has 2 rings (SSSR count). The Morgan fingerprint density at radius 3 is 2.60 bits per heavy atom. The van der Waals surface area contributed by atoms with Crippen molar-refractivity contribution in [3.05, 3.63) is 48.0 Å². The average molecular weight is 200 g/mol. The monoisotopic (exact) mass is 200 g/mol. The summed E-state index contributed by atoms with van der Waals surface area (Å²) < 4.78 is 0. The van der Waals surface area contributed by atoms with Gasteiger partial charge in [0.1, 0.15) is 0 Å². The molecule has 0 aliphatic rings. The van der Waals surface area contributed by atoms with E-state index in [1.807, 2.05) is 0 Å². The van der Waals surface area contributed by atoms with E-state index in [0.717, 1.165) is 6.42 Å². The first-order chi connectivity index (χ1) is 7.36. The molecular formula is C13H16N2. The minimum Gasteiger partial charge on any atom is -0.271 e. The maximum atomic E-state index is 5.56. The van der Waals surface area contributed by atoms with Gasteiger partial charge in [0.05, 0.1) is 0 Å². The Labute approximate surface area is 90.1 Å². The van der Waals surface area contributed by atoms with Crippen molar-refractivity contribution in [2.24, 2.45) is 5.84 Å². The second-order valence-corrected chi connectivity index (χ2v) is 3.70. The molecule has 78 valence electrons. The number of nitrogens with two attached hydrogens (primary N) is 1. The van der Waals surface area contributed by atoms with Crippen molar-refractivity contribution in [2.75, 3.05) is 0 Å². The van der Waals surface area contributed by atoms with E-state index in [1.54, 1.807) is 0 Å². The van der Waals surface area contributed by atoms with Crippen LogP contribution in [-0.2, 0) is 0 Å². The summed E-state index contributed by atoms with van der Waals surface area (Å²) in [6, 6.07) is 15.0. The van der Waals surface area contributed by atoms with Crippen molar-refractivity contribution in [2.45, 2.75) is 19.4 Å². The molecule has 15 heavy (non-hydrogen) atoms. The van der Waals surface area contributed by atoms with Crippen LogP contribution in [0.2, 0.25) is 0 Å². The van der Waals surface area contributed by atoms with Crippen LogP contribution in [0.5, 0.6) is 0 Å². The molecule has 0 heterocycles. The molecule has 2 aromatic carbocycles. The lowest BCUT2D eigenvalue weighted by atomic mass is 9.98. The molecule has 0 amide bonds. The van der Waals surface area contributed by atoms with Gasteiger partial charge in [-0.2, -0.15) is 0 Å². The van der Waals surface area contributed by atoms with E-state index in [-0.39, 0.29) is 6.04 Å². The summed E-state index contributed by atoms with van der Waals surface area (Å²) in [6.45, 7) is 2.13. The smallest absolute Gasteiger partial charge is 0.0463 e. The van der Waals surface area contributed by atoms with E-state index in [4.69, 9.17) is 5.84 Å². The molecular weight excluding hydrogens is 184 g/mol. The van der Waals surface area contributed by atoms with Gasteiger partial charge < -0.3 is 0 Å². The number of hydrazine groups is 1. The van der Waals surface area contributed by atoms with Crippen molar-refractivity contribution in [3.8, 4) is 0 Å². The van der Waals surface area contributed by atoms with E-state index in [2.05, 4.69) is 54.8 Å². The number of fused-ring (bicyclic) bond motifs is 1. The van der Waals surface area contributed by atoms with E-state index >= 15 is 0 Å². The van der Waals surface area contributed by atoms with Gasteiger partial charge >= 0.3 is 0 Å². The highest BCUT2D eigenvalue weighted by Crippen LogP contribution is 2.25. The summed E-state index contributed by atoms with van der Waals surface area (Å²) in [6.07, 6.45) is 0.991. The number of benzene rings is 2. The van der Waals surface area contributed by atoms with Crippen molar-refractivity contribution in [1.29, 1.82) is 0 Å². The fourth-order valence-corrected chi connectivity index (χ4v) is 1.98. The molecule has 0 aliphatic carbocycles. The maximum absolute atomic E-state index is 5.56. The second-order valence-electron chi connectivity index (χ2n) is 3.70. The van der Waals surface area contributed by atoms with Crippen LogP contribution in [0.4, 0.5) is 0 Å². The van der Waals surface area contributed by atoms with Crippen LogP contribution in [0.15, 0.2) is 42.5 Å². The van der Waals surface area contributed by atoms with Crippen LogP contribution < -0.4 is 11.3 Å². The zero-order valence-corrected chi connectivity index (χ0v) is 8.90. The Hall–Kier alpha value is -1.38. The fourth-order valence-electron chi connectivity index (χ4n) is 1.98. The molecule has 0 saturated heterocycles. The lowest BCUT2D eigenvalue weighted by Gasteiger charge is -2.16. The SMILES string of the molecule is CCC(NN)c1cccc2ccccc12. The molecule has 3 N–H and O–H groups in total. The van der Waals surface area contributed by atoms with Crippen molar-refractivity contribution in [3.63, 3.8) is 0 Å². The zero-order valence-electron chi connectivity index (χ0n) is 8.90. The molecule has 0 saturated carbocycles. The van der Waals surface area contributed by atoms with Gasteiger partial charge in [0.15, 0.2) is 0 Å². The van der Waals surface area contributed by atoms with Gasteiger partial charge in [-0.25, -0.2) is 0 Å². The highest BCUT2D eigenvalue weighted by atomic mass is 15.2. The molecule has 1 unspecified atom stereocenters. The van der Waals surface area contributed by atoms with E-state index in [0.29, 0.717) is 0 Å². The Morgan fingerprint density at radius 2 is 1.87 bits per heavy atom. The minimum absolute atomic E-state index is 0.232. The van der Waals surface area contributed by atoms with Crippen LogP contribution in [-0.4, -0.2) is 0 Å². The lowest BCUT2D eigenvalue weighted by molar-refractivity contribution is 0.542. The van der Waals surface area contributed by atoms with Gasteiger partial charge in [-0.05, 0) is 22.8 Å². The summed E-state index contributed by atoms with van der Waals surface area (Å²) in [5.74, 6) is 5.56. The first kappa shape index (κ1) is 10.1. The molecule has 2 nitrogen and oxygen atoms in total. The summed E-state index contributed by atoms with van der Waals surface area (Å²) in [4.78, 5) is 0. The Balaban J connectivity index is 2.59. The molecule has 0 bridgehead atoms. The Bertz CT molecular complexity index is 442. The first-order valence-corrected chi connectivity index (χ1v) is 5.30. The molecule has 2 heteroatoms. The predicted molar refractivity (Wildman–Crippen MR) is 64.3 cm³/mol. The molecule has 0 radical (unpaired) electrons. The number of hydrogen-bond acceptors (Lipinski definition) is 2. The molecule has 0 aromatic heterocycles. The van der Waals surface area contributed by atoms with Crippen LogP contribution in [0.3, 0.4) is 0 Å². The zero-order chi connectivity index (χ0) is 10.7. The van der Waals surface area contributed by atoms with Crippen LogP contribution in [0.1, 0.15) is 24.9 Å². The van der Waals surface area contributed by atoms with Crippen molar-refractivity contribution >= 4 is 10.8 Å². The fraction of sp³-hybridized carbons (Fsp3) is 0.231. The highest BCUT2D eigenvalue weighted by molar-refractivity contribution is 5.86. The largest absolute Gasteiger partial charge is 0.271 e. The number of rotatable bonds is 3. The molecule has 0 aliphatic heterocycles. The van der Waals surface area contributed by atoms with Gasteiger partial charge in [-0.15, -0.1) is 0 Å². The van der Waals surface area contributed by atoms with E-state index in [9.17, 15) is 0 Å². The topological polar surface area (TPSA) is 38.0 Å². The van der Waals surface area contributed by atoms with Crippen LogP contribution >= 0.6 is 0 Å². The standard InChI is InChI=1S/C13H16N2/c1-2-13(15-14)12-9-5-7-10-6-3-4-8-11(10)12/h3-9,13,15H,2,14H2,1H3. The maximum Gasteiger partial charge on any atom is 0.0463 e. The molecule has 2 aromatic rings. The van der Waals surface area contributed by atoms with Gasteiger partial charge in [-0.1, -0.05) is 49.4 Å². The second kappa shape index (κ2) is 4.43. The van der Waals surface area contributed by atoms with E-state index < -0.39 is 0 Å². The summed E-state index contributed by atoms with van der Waals surface area (Å²) in [7, 11) is 0. The Kier molecular flexibility index (Phi) is 2.99. The normalized spacial score (nSPS) is 12.9. The van der Waals surface area contributed by atoms with Gasteiger partial charge in [0.2, 0.25) is 0 Å². The van der Waals surface area contributed by atoms with Crippen molar-refractivity contribution < 1.29 is 0 Å². The minimum atomic E-state index is 0.232. The average Bonchev–Trinajstić information content (AvgIpc) is 2.31. The van der Waals surface area contributed by atoms with Crippen molar-refractivity contribution in [1.82, 2.24) is 5.43 Å². The first-order valence-electron chi connectivity index (χ1n) is 5.30. The predicted octanol–water partition coefficient (Wildman–Crippen LogP) is 2.75. The van der Waals surface area contributed by atoms with Gasteiger partial charge in [-0.3, -0.25) is 11.3 Å². The summed E-state index contributed by atoms with van der Waals surface area (Å²) >= 11 is 0. The quantitative estimate of drug-likeness (QED) is 0.590. The molecule has 0 spiro atoms. The molecule has 0 fully saturated rings. The Morgan fingerprint density at radius 1 is 1.13 bits per heavy atom. The molecule has 1 atom stereocenters. The number of nitrogens with one attached hydrogen (secondary N) is 1. The van der Waals surface area contributed by atoms with Gasteiger partial charge in [0.25, 0.3) is 0 Å². The van der Waals surface area contributed by atoms with E-state index in [1.165, 1.54) is 16.3 Å². The third-order valence-corrected chi connectivity index (χ3v) is 2.81. The third-order valence-electron chi connectivity index (χ3n) is 2.81. The van der Waals surface area contributed by atoms with Crippen LogP contribution in [0, 0.1) is 0 Å². The van der Waals surface area contributed by atoms with Gasteiger partial charge in [0, 0.05) is 6.04 Å². The third kappa shape index (κ3) is 1.87. The van der Waals surface area contributed by atoms with Crippen LogP contribution in [0.25, 0.3) is 10.8 Å². The lowest BCUT2D eigenvalue weighted by Crippen LogP contribution is -2.27. The summed E-state index contributed by atoms with van der Waals surface area (Å²) in [5, 5.41) is 2.55. The highest BCUT2D eigenvalue weighted by Gasteiger charge is 2.09. The number of hydrogen-bond donors (Lipinski definition) is 2.